The first-order chi connectivity index (χ1) is 9.02. The summed E-state index contributed by atoms with van der Waals surface area (Å²) in [6.07, 6.45) is 0. The molecule has 0 fully saturated rings. The second-order valence-corrected chi connectivity index (χ2v) is 5.36. The van der Waals surface area contributed by atoms with Gasteiger partial charge in [-0.05, 0) is 35.4 Å². The molecule has 100 valence electrons. The first-order valence-electron chi connectivity index (χ1n) is 5.57. The maximum Gasteiger partial charge on any atom is 0.165 e. The zero-order chi connectivity index (χ0) is 14.0. The van der Waals surface area contributed by atoms with E-state index in [4.69, 9.17) is 22.1 Å². The van der Waals surface area contributed by atoms with Gasteiger partial charge in [-0.2, -0.15) is 0 Å². The second kappa shape index (κ2) is 5.90. The molecule has 1 atom stereocenters. The summed E-state index contributed by atoms with van der Waals surface area (Å²) in [5, 5.41) is 0.540. The Hall–Kier alpha value is -1.10. The van der Waals surface area contributed by atoms with Crippen LogP contribution in [0.3, 0.4) is 0 Å². The molecule has 2 aromatic rings. The fourth-order valence-corrected chi connectivity index (χ4v) is 2.60. The lowest BCUT2D eigenvalue weighted by atomic mass is 9.99. The van der Waals surface area contributed by atoms with Crippen LogP contribution in [0.25, 0.3) is 0 Å². The minimum atomic E-state index is -0.485. The summed E-state index contributed by atoms with van der Waals surface area (Å²) < 4.78 is 19.4. The van der Waals surface area contributed by atoms with E-state index in [-0.39, 0.29) is 5.75 Å². The first kappa shape index (κ1) is 14.3. The number of methoxy groups -OCH3 is 1. The predicted octanol–water partition coefficient (Wildman–Crippen LogP) is 4.30. The molecule has 0 amide bonds. The van der Waals surface area contributed by atoms with E-state index in [1.54, 1.807) is 18.2 Å². The highest BCUT2D eigenvalue weighted by Crippen LogP contribution is 2.30. The summed E-state index contributed by atoms with van der Waals surface area (Å²) in [7, 11) is 1.42. The molecule has 0 radical (unpaired) electrons. The van der Waals surface area contributed by atoms with Gasteiger partial charge in [-0.1, -0.05) is 39.7 Å². The number of rotatable bonds is 3. The fraction of sp³-hybridized carbons (Fsp3) is 0.143. The van der Waals surface area contributed by atoms with Gasteiger partial charge in [0.05, 0.1) is 13.2 Å². The largest absolute Gasteiger partial charge is 0.494 e. The van der Waals surface area contributed by atoms with E-state index in [9.17, 15) is 4.39 Å². The van der Waals surface area contributed by atoms with Crippen molar-refractivity contribution in [2.45, 2.75) is 6.04 Å². The highest BCUT2D eigenvalue weighted by molar-refractivity contribution is 9.10. The van der Waals surface area contributed by atoms with Gasteiger partial charge in [-0.25, -0.2) is 4.39 Å². The van der Waals surface area contributed by atoms with Crippen molar-refractivity contribution in [3.8, 4) is 5.75 Å². The van der Waals surface area contributed by atoms with Gasteiger partial charge in [-0.15, -0.1) is 0 Å². The first-order valence-corrected chi connectivity index (χ1v) is 6.74. The Morgan fingerprint density at radius 2 is 2.00 bits per heavy atom. The molecule has 19 heavy (non-hydrogen) atoms. The van der Waals surface area contributed by atoms with Crippen LogP contribution in [0.5, 0.6) is 5.75 Å². The molecular formula is C14H12BrClFNO. The number of ether oxygens (including phenoxy) is 1. The van der Waals surface area contributed by atoms with E-state index in [0.29, 0.717) is 10.6 Å². The van der Waals surface area contributed by atoms with Gasteiger partial charge >= 0.3 is 0 Å². The zero-order valence-electron chi connectivity index (χ0n) is 10.2. The average molecular weight is 345 g/mol. The number of benzene rings is 2. The molecule has 0 saturated carbocycles. The van der Waals surface area contributed by atoms with Gasteiger partial charge in [0.25, 0.3) is 0 Å². The van der Waals surface area contributed by atoms with E-state index >= 15 is 0 Å². The van der Waals surface area contributed by atoms with Crippen molar-refractivity contribution in [3.05, 3.63) is 62.8 Å². The fourth-order valence-electron chi connectivity index (χ4n) is 1.81. The Kier molecular flexibility index (Phi) is 4.45. The van der Waals surface area contributed by atoms with Crippen LogP contribution in [0.2, 0.25) is 5.02 Å². The van der Waals surface area contributed by atoms with E-state index in [0.717, 1.165) is 10.0 Å². The average Bonchev–Trinajstić information content (AvgIpc) is 2.38. The number of halogens is 3. The van der Waals surface area contributed by atoms with E-state index < -0.39 is 11.9 Å². The minimum absolute atomic E-state index is 0.192. The van der Waals surface area contributed by atoms with Crippen LogP contribution >= 0.6 is 27.5 Å². The third-order valence-electron chi connectivity index (χ3n) is 2.83. The highest BCUT2D eigenvalue weighted by atomic mass is 79.9. The lowest BCUT2D eigenvalue weighted by molar-refractivity contribution is 0.386. The highest BCUT2D eigenvalue weighted by Gasteiger charge is 2.15. The van der Waals surface area contributed by atoms with Crippen LogP contribution in [-0.4, -0.2) is 7.11 Å². The Morgan fingerprint density at radius 3 is 2.58 bits per heavy atom. The second-order valence-electron chi connectivity index (χ2n) is 4.04. The summed E-state index contributed by atoms with van der Waals surface area (Å²) in [5.41, 5.74) is 7.51. The van der Waals surface area contributed by atoms with Crippen LogP contribution in [-0.2, 0) is 0 Å². The Labute approximate surface area is 124 Å². The Bertz CT molecular complexity index is 606. The molecular weight excluding hydrogens is 333 g/mol. The maximum absolute atomic E-state index is 13.7. The topological polar surface area (TPSA) is 35.2 Å². The van der Waals surface area contributed by atoms with Crippen LogP contribution in [0.4, 0.5) is 4.39 Å². The van der Waals surface area contributed by atoms with Crippen molar-refractivity contribution in [2.75, 3.05) is 7.11 Å². The summed E-state index contributed by atoms with van der Waals surface area (Å²) in [6.45, 7) is 0. The van der Waals surface area contributed by atoms with Gasteiger partial charge in [-0.3, -0.25) is 0 Å². The monoisotopic (exact) mass is 343 g/mol. The third kappa shape index (κ3) is 3.08. The molecule has 2 N–H and O–H groups in total. The molecule has 2 rings (SSSR count). The van der Waals surface area contributed by atoms with Gasteiger partial charge in [0.2, 0.25) is 0 Å². The SMILES string of the molecule is COc1ccc(C(N)c2ccc(Br)cc2Cl)cc1F. The minimum Gasteiger partial charge on any atom is -0.494 e. The molecule has 0 aromatic heterocycles. The molecule has 0 saturated heterocycles. The molecule has 0 aliphatic carbocycles. The molecule has 5 heteroatoms. The molecule has 0 bridgehead atoms. The van der Waals surface area contributed by atoms with Gasteiger partial charge in [0.15, 0.2) is 11.6 Å². The van der Waals surface area contributed by atoms with Crippen molar-refractivity contribution >= 4 is 27.5 Å². The molecule has 1 unspecified atom stereocenters. The van der Waals surface area contributed by atoms with Crippen molar-refractivity contribution in [2.24, 2.45) is 5.73 Å². The number of hydrogen-bond donors (Lipinski definition) is 1. The van der Waals surface area contributed by atoms with Gasteiger partial charge in [0.1, 0.15) is 0 Å². The summed E-state index contributed by atoms with van der Waals surface area (Å²) in [6, 6.07) is 9.59. The predicted molar refractivity (Wildman–Crippen MR) is 78.1 cm³/mol. The van der Waals surface area contributed by atoms with Gasteiger partial charge < -0.3 is 10.5 Å². The summed E-state index contributed by atoms with van der Waals surface area (Å²) >= 11 is 9.47. The van der Waals surface area contributed by atoms with E-state index in [1.807, 2.05) is 12.1 Å². The normalized spacial score (nSPS) is 12.3. The summed E-state index contributed by atoms with van der Waals surface area (Å²) in [4.78, 5) is 0. The van der Waals surface area contributed by atoms with Crippen molar-refractivity contribution in [1.82, 2.24) is 0 Å². The van der Waals surface area contributed by atoms with Crippen molar-refractivity contribution in [1.29, 1.82) is 0 Å². The molecule has 0 aliphatic rings. The molecule has 2 nitrogen and oxygen atoms in total. The standard InChI is InChI=1S/C14H12BrClFNO/c1-19-13-5-2-8(6-12(13)17)14(18)10-4-3-9(15)7-11(10)16/h2-7,14H,18H2,1H3. The summed E-state index contributed by atoms with van der Waals surface area (Å²) in [5.74, 6) is -0.249. The van der Waals surface area contributed by atoms with Crippen LogP contribution < -0.4 is 10.5 Å². The van der Waals surface area contributed by atoms with Crippen molar-refractivity contribution in [3.63, 3.8) is 0 Å². The zero-order valence-corrected chi connectivity index (χ0v) is 12.5. The molecule has 0 spiro atoms. The van der Waals surface area contributed by atoms with E-state index in [1.165, 1.54) is 13.2 Å². The van der Waals surface area contributed by atoms with Crippen LogP contribution in [0.15, 0.2) is 40.9 Å². The van der Waals surface area contributed by atoms with Crippen molar-refractivity contribution < 1.29 is 9.13 Å². The third-order valence-corrected chi connectivity index (χ3v) is 3.65. The van der Waals surface area contributed by atoms with E-state index in [2.05, 4.69) is 15.9 Å². The molecule has 2 aromatic carbocycles. The lowest BCUT2D eigenvalue weighted by Crippen LogP contribution is -2.12. The number of hydrogen-bond acceptors (Lipinski definition) is 2. The van der Waals surface area contributed by atoms with Gasteiger partial charge in [0, 0.05) is 9.50 Å². The van der Waals surface area contributed by atoms with Crippen LogP contribution in [0.1, 0.15) is 17.2 Å². The maximum atomic E-state index is 13.7. The smallest absolute Gasteiger partial charge is 0.165 e. The Balaban J connectivity index is 2.38. The van der Waals surface area contributed by atoms with Crippen LogP contribution in [0, 0.1) is 5.82 Å². The molecule has 0 aliphatic heterocycles. The molecule has 0 heterocycles. The Morgan fingerprint density at radius 1 is 1.26 bits per heavy atom. The lowest BCUT2D eigenvalue weighted by Gasteiger charge is -2.15. The quantitative estimate of drug-likeness (QED) is 0.901. The number of nitrogens with two attached hydrogens (primary N) is 1.